The van der Waals surface area contributed by atoms with Gasteiger partial charge in [0.05, 0.1) is 19.7 Å². The first kappa shape index (κ1) is 42.2. The summed E-state index contributed by atoms with van der Waals surface area (Å²) in [5.41, 5.74) is 14.9. The molecule has 14 heteroatoms. The molecule has 0 aliphatic heterocycles. The summed E-state index contributed by atoms with van der Waals surface area (Å²) in [6, 6.07) is 9.83. The molecule has 4 amide bonds. The molecule has 0 saturated carbocycles. The molecule has 2 rings (SSSR count). The minimum Gasteiger partial charge on any atom is -0.507 e. The van der Waals surface area contributed by atoms with Gasteiger partial charge < -0.3 is 36.8 Å². The summed E-state index contributed by atoms with van der Waals surface area (Å²) in [7, 11) is 1.32. The van der Waals surface area contributed by atoms with Crippen LogP contribution in [-0.2, 0) is 41.6 Å². The van der Waals surface area contributed by atoms with E-state index in [2.05, 4.69) is 15.4 Å². The number of ether oxygens (including phenoxy) is 1. The predicted octanol–water partition coefficient (Wildman–Crippen LogP) is 2.31. The summed E-state index contributed by atoms with van der Waals surface area (Å²) >= 11 is 1.50. The van der Waals surface area contributed by atoms with Crippen LogP contribution in [0.4, 0.5) is 0 Å². The number of phenols is 1. The third-order valence-electron chi connectivity index (χ3n) is 7.98. The van der Waals surface area contributed by atoms with Crippen LogP contribution >= 0.6 is 24.2 Å². The minimum atomic E-state index is -0.981. The molecule has 3 atom stereocenters. The smallest absolute Gasteiger partial charge is 0.305 e. The number of nitrogens with one attached hydrogen (secondary N) is 2. The van der Waals surface area contributed by atoms with Crippen molar-refractivity contribution in [3.63, 3.8) is 0 Å². The van der Waals surface area contributed by atoms with Crippen molar-refractivity contribution in [2.75, 3.05) is 32.2 Å². The summed E-state index contributed by atoms with van der Waals surface area (Å²) in [5.74, 6) is -1.91. The van der Waals surface area contributed by atoms with Gasteiger partial charge in [-0.3, -0.25) is 24.0 Å². The van der Waals surface area contributed by atoms with Crippen molar-refractivity contribution in [1.29, 1.82) is 0 Å². The van der Waals surface area contributed by atoms with Crippen LogP contribution in [0.5, 0.6) is 5.75 Å². The molecule has 266 valence electrons. The van der Waals surface area contributed by atoms with Crippen molar-refractivity contribution in [2.45, 2.75) is 76.9 Å². The number of rotatable bonds is 20. The number of thioether (sulfide) groups is 1. The number of primary amides is 1. The van der Waals surface area contributed by atoms with E-state index in [4.69, 9.17) is 11.5 Å². The number of hydrogen-bond acceptors (Lipinski definition) is 9. The second-order valence-corrected chi connectivity index (χ2v) is 12.5. The Morgan fingerprint density at radius 3 is 2.29 bits per heavy atom. The zero-order valence-electron chi connectivity index (χ0n) is 28.2. The first-order chi connectivity index (χ1) is 22.4. The Labute approximate surface area is 293 Å². The van der Waals surface area contributed by atoms with Crippen molar-refractivity contribution in [3.05, 3.63) is 64.7 Å². The normalized spacial score (nSPS) is 12.5. The molecule has 2 aromatic rings. The molecule has 0 aliphatic rings. The quantitative estimate of drug-likeness (QED) is 0.101. The number of benzene rings is 2. The summed E-state index contributed by atoms with van der Waals surface area (Å²) in [6.45, 7) is 3.30. The lowest BCUT2D eigenvalue weighted by molar-refractivity contribution is -0.141. The van der Waals surface area contributed by atoms with E-state index < -0.39 is 48.3 Å². The number of esters is 1. The Morgan fingerprint density at radius 1 is 0.979 bits per heavy atom. The molecule has 0 fully saturated rings. The van der Waals surface area contributed by atoms with Gasteiger partial charge >= 0.3 is 5.97 Å². The number of amides is 4. The van der Waals surface area contributed by atoms with Gasteiger partial charge in [-0.05, 0) is 73.8 Å². The van der Waals surface area contributed by atoms with E-state index in [0.29, 0.717) is 42.6 Å². The summed E-state index contributed by atoms with van der Waals surface area (Å²) < 4.78 is 4.68. The van der Waals surface area contributed by atoms with Crippen LogP contribution in [0, 0.1) is 13.8 Å². The first-order valence-corrected chi connectivity index (χ1v) is 17.1. The van der Waals surface area contributed by atoms with E-state index in [9.17, 15) is 29.1 Å². The molecule has 0 bridgehead atoms. The Hall–Kier alpha value is -3.81. The number of nitrogens with zero attached hydrogens (tertiary/aromatic N) is 1. The molecule has 48 heavy (non-hydrogen) atoms. The molecule has 0 aromatic heterocycles. The maximum Gasteiger partial charge on any atom is 0.305 e. The molecular weight excluding hydrogens is 658 g/mol. The number of methoxy groups -OCH3 is 1. The molecule has 2 aromatic carbocycles. The molecule has 0 saturated heterocycles. The monoisotopic (exact) mass is 707 g/mol. The Morgan fingerprint density at radius 2 is 1.67 bits per heavy atom. The molecule has 0 unspecified atom stereocenters. The van der Waals surface area contributed by atoms with Crippen LogP contribution in [0.25, 0.3) is 0 Å². The highest BCUT2D eigenvalue weighted by Gasteiger charge is 2.30. The van der Waals surface area contributed by atoms with Crippen molar-refractivity contribution in [2.24, 2.45) is 11.5 Å². The van der Waals surface area contributed by atoms with Gasteiger partial charge in [0.1, 0.15) is 17.8 Å². The van der Waals surface area contributed by atoms with Crippen LogP contribution in [0.2, 0.25) is 0 Å². The number of phenolic OH excluding ortho intramolecular Hbond substituents is 1. The van der Waals surface area contributed by atoms with E-state index in [0.717, 1.165) is 11.1 Å². The van der Waals surface area contributed by atoms with E-state index in [1.807, 2.05) is 42.7 Å². The molecule has 7 N–H and O–H groups in total. The molecular formula is C34H50ClN5O7S. The van der Waals surface area contributed by atoms with Crippen molar-refractivity contribution in [3.8, 4) is 5.75 Å². The maximum atomic E-state index is 13.6. The number of halogens is 1. The zero-order valence-corrected chi connectivity index (χ0v) is 29.8. The Bertz CT molecular complexity index is 1360. The summed E-state index contributed by atoms with van der Waals surface area (Å²) in [6.07, 6.45) is 4.42. The van der Waals surface area contributed by atoms with Gasteiger partial charge in [0.2, 0.25) is 23.6 Å². The summed E-state index contributed by atoms with van der Waals surface area (Å²) in [4.78, 5) is 65.4. The van der Waals surface area contributed by atoms with Crippen molar-refractivity contribution >= 4 is 53.8 Å². The largest absolute Gasteiger partial charge is 0.507 e. The van der Waals surface area contributed by atoms with Gasteiger partial charge in [0, 0.05) is 19.4 Å². The van der Waals surface area contributed by atoms with Crippen LogP contribution in [0.15, 0.2) is 42.5 Å². The lowest BCUT2D eigenvalue weighted by Gasteiger charge is -2.30. The lowest BCUT2D eigenvalue weighted by atomic mass is 9.98. The topological polar surface area (TPSA) is 194 Å². The standard InChI is InChI=1S/C34H49N5O7S.ClH/c1-22-14-15-25(23(2)31(22)42)20-26(35)33(44)38-27(16-18-47-4)34(45)37-21-29(40)39(17-10-6-9-13-30(41)46-3)28(32(36)43)19-24-11-7-5-8-12-24;/h5,7-8,11-12,14-15,26-28,42H,6,9-10,13,16-21,35H2,1-4H3,(H2,36,43)(H,37,45)(H,38,44);1H/t26-,27+,28-;/m0./s1. The van der Waals surface area contributed by atoms with Gasteiger partial charge in [0.15, 0.2) is 0 Å². The number of hydrogen-bond donors (Lipinski definition) is 5. The van der Waals surface area contributed by atoms with Gasteiger partial charge in [-0.25, -0.2) is 0 Å². The van der Waals surface area contributed by atoms with Crippen LogP contribution in [0.1, 0.15) is 54.4 Å². The molecule has 0 spiro atoms. The first-order valence-electron chi connectivity index (χ1n) is 15.7. The Kier molecular flexibility index (Phi) is 19.3. The van der Waals surface area contributed by atoms with Gasteiger partial charge in [-0.1, -0.05) is 48.9 Å². The SMILES string of the molecule is COC(=O)CCCCCN(C(=O)CNC(=O)[C@@H](CCSC)NC(=O)[C@@H](N)Cc1ccc(C)c(O)c1C)[C@@H](Cc1ccccc1)C(N)=O.Cl. The van der Waals surface area contributed by atoms with E-state index in [1.165, 1.54) is 23.8 Å². The lowest BCUT2D eigenvalue weighted by Crippen LogP contribution is -2.55. The second-order valence-electron chi connectivity index (χ2n) is 11.5. The second kappa shape index (κ2) is 21.9. The third kappa shape index (κ3) is 13.7. The third-order valence-corrected chi connectivity index (χ3v) is 8.63. The number of carbonyl (C=O) groups excluding carboxylic acids is 5. The fraction of sp³-hybridized carbons (Fsp3) is 0.500. The highest BCUT2D eigenvalue weighted by atomic mass is 35.5. The fourth-order valence-corrected chi connectivity index (χ4v) is 5.56. The molecule has 0 heterocycles. The summed E-state index contributed by atoms with van der Waals surface area (Å²) in [5, 5.41) is 15.6. The molecule has 0 aliphatic carbocycles. The highest BCUT2D eigenvalue weighted by molar-refractivity contribution is 7.98. The van der Waals surface area contributed by atoms with Gasteiger partial charge in [-0.15, -0.1) is 12.4 Å². The number of aromatic hydroxyl groups is 1. The number of nitrogens with two attached hydrogens (primary N) is 2. The van der Waals surface area contributed by atoms with Crippen LogP contribution in [0.3, 0.4) is 0 Å². The van der Waals surface area contributed by atoms with E-state index in [-0.39, 0.29) is 49.9 Å². The number of unbranched alkanes of at least 4 members (excludes halogenated alkanes) is 2. The van der Waals surface area contributed by atoms with E-state index in [1.54, 1.807) is 19.9 Å². The highest BCUT2D eigenvalue weighted by Crippen LogP contribution is 2.25. The predicted molar refractivity (Wildman–Crippen MR) is 190 cm³/mol. The molecule has 0 radical (unpaired) electrons. The van der Waals surface area contributed by atoms with Crippen LogP contribution in [-0.4, -0.2) is 89.9 Å². The zero-order chi connectivity index (χ0) is 34.9. The molecule has 12 nitrogen and oxygen atoms in total. The number of aryl methyl sites for hydroxylation is 1. The van der Waals surface area contributed by atoms with E-state index >= 15 is 0 Å². The van der Waals surface area contributed by atoms with Gasteiger partial charge in [0.25, 0.3) is 0 Å². The van der Waals surface area contributed by atoms with Crippen molar-refractivity contribution < 1.29 is 33.8 Å². The van der Waals surface area contributed by atoms with Crippen LogP contribution < -0.4 is 22.1 Å². The van der Waals surface area contributed by atoms with Crippen molar-refractivity contribution in [1.82, 2.24) is 15.5 Å². The number of carbonyl (C=O) groups is 5. The maximum absolute atomic E-state index is 13.6. The minimum absolute atomic E-state index is 0. The van der Waals surface area contributed by atoms with Gasteiger partial charge in [-0.2, -0.15) is 11.8 Å². The average Bonchev–Trinajstić information content (AvgIpc) is 3.06. The fourth-order valence-electron chi connectivity index (χ4n) is 5.09. The Balaban J connectivity index is 0.0000115. The average molecular weight is 708 g/mol.